The molecule has 5 aliphatic heterocycles. The zero-order chi connectivity index (χ0) is 39.6. The lowest BCUT2D eigenvalue weighted by molar-refractivity contribution is -0.218. The van der Waals surface area contributed by atoms with Crippen LogP contribution in [0.3, 0.4) is 0 Å². The molecule has 2 aromatic carbocycles. The van der Waals surface area contributed by atoms with Crippen molar-refractivity contribution in [1.82, 2.24) is 14.8 Å². The molecule has 6 heterocycles. The van der Waals surface area contributed by atoms with Gasteiger partial charge in [0.05, 0.1) is 33.0 Å². The average molecular weight is 769 g/mol. The second kappa shape index (κ2) is 12.8. The summed E-state index contributed by atoms with van der Waals surface area (Å²) >= 11 is 0. The van der Waals surface area contributed by atoms with Crippen molar-refractivity contribution in [2.24, 2.45) is 11.3 Å². The molecule has 3 aromatic rings. The van der Waals surface area contributed by atoms with Crippen LogP contribution in [0.2, 0.25) is 0 Å². The lowest BCUT2D eigenvalue weighted by Crippen LogP contribution is -2.80. The number of rotatable bonds is 6. The molecule has 300 valence electrons. The minimum atomic E-state index is -2.29. The molecule has 12 heteroatoms. The minimum Gasteiger partial charge on any atom is -0.496 e. The van der Waals surface area contributed by atoms with E-state index in [1.54, 1.807) is 7.11 Å². The largest absolute Gasteiger partial charge is 0.496 e. The van der Waals surface area contributed by atoms with Crippen LogP contribution in [0.1, 0.15) is 68.3 Å². The van der Waals surface area contributed by atoms with Crippen molar-refractivity contribution in [3.63, 3.8) is 0 Å². The number of carbonyl (C=O) groups is 2. The first-order valence-corrected chi connectivity index (χ1v) is 20.3. The molecular weight excluding hydrogens is 713 g/mol. The molecule has 1 aromatic heterocycles. The second-order valence-electron chi connectivity index (χ2n) is 17.6. The third-order valence-electron chi connectivity index (χ3n) is 15.4. The Balaban J connectivity index is 1.36. The number of anilines is 1. The average Bonchev–Trinajstić information content (AvgIpc) is 3.87. The smallest absolute Gasteiger partial charge is 0.342 e. The van der Waals surface area contributed by atoms with E-state index in [1.807, 2.05) is 62.2 Å². The number of hydrogen-bond acceptors (Lipinski definition) is 11. The van der Waals surface area contributed by atoms with Crippen molar-refractivity contribution in [1.29, 1.82) is 0 Å². The lowest BCUT2D eigenvalue weighted by Gasteiger charge is -2.63. The normalized spacial score (nSPS) is 38.4. The van der Waals surface area contributed by atoms with Gasteiger partial charge in [-0.05, 0) is 74.2 Å². The number of esters is 2. The fourth-order valence-electron chi connectivity index (χ4n) is 13.2. The highest BCUT2D eigenvalue weighted by atomic mass is 16.5. The van der Waals surface area contributed by atoms with Crippen molar-refractivity contribution in [2.75, 3.05) is 66.0 Å². The maximum Gasteiger partial charge on any atom is 0.342 e. The minimum absolute atomic E-state index is 0.0795. The first-order valence-electron chi connectivity index (χ1n) is 20.3. The summed E-state index contributed by atoms with van der Waals surface area (Å²) in [5.41, 5.74) is -1.43. The van der Waals surface area contributed by atoms with Gasteiger partial charge >= 0.3 is 11.9 Å². The zero-order valence-corrected chi connectivity index (χ0v) is 33.4. The monoisotopic (exact) mass is 768 g/mol. The van der Waals surface area contributed by atoms with Gasteiger partial charge in [-0.25, -0.2) is 4.79 Å². The molecule has 3 fully saturated rings. The maximum atomic E-state index is 15.2. The molecule has 2 saturated heterocycles. The van der Waals surface area contributed by atoms with E-state index < -0.39 is 51.5 Å². The molecule has 2 bridgehead atoms. The Bertz CT molecular complexity index is 2140. The van der Waals surface area contributed by atoms with Gasteiger partial charge in [-0.1, -0.05) is 44.2 Å². The van der Waals surface area contributed by atoms with E-state index in [-0.39, 0.29) is 12.0 Å². The van der Waals surface area contributed by atoms with Gasteiger partial charge in [0.1, 0.15) is 17.3 Å². The summed E-state index contributed by atoms with van der Waals surface area (Å²) in [5, 5.41) is 38.3. The summed E-state index contributed by atoms with van der Waals surface area (Å²) < 4.78 is 17.6. The standard InChI is InChI=1S/C44H56N4O8/c1-7-40(52)22-26-23-43(38(50)55-5,34-28(14-18-47(24-26)25-40)27-12-9-10-13-31(27)45-34)30-20-29-32(21-33(30)54-4)46(3)36-42(29)16-19-48-17-11-15-41(8-2,35(42)48)37(49)44(36,53)39(51)56-6/h9-13,15,20-21,26,35-37,45,49,52-53H,7-8,14,16-19,22-25H2,1-6H3/t26-,35?,36?,37+,40-,41+,42+,43-,44-/m0/s1. The molecule has 56 heavy (non-hydrogen) atoms. The van der Waals surface area contributed by atoms with Crippen molar-refractivity contribution in [3.05, 3.63) is 70.9 Å². The van der Waals surface area contributed by atoms with Crippen LogP contribution >= 0.6 is 0 Å². The topological polar surface area (TPSA) is 148 Å². The number of aliphatic hydroxyl groups excluding tert-OH is 1. The van der Waals surface area contributed by atoms with Gasteiger partial charge in [0.25, 0.3) is 0 Å². The fourth-order valence-corrected chi connectivity index (χ4v) is 13.2. The number of H-pyrrole nitrogens is 1. The molecule has 0 radical (unpaired) electrons. The number of aromatic nitrogens is 1. The van der Waals surface area contributed by atoms with Gasteiger partial charge < -0.3 is 39.4 Å². The fraction of sp³-hybridized carbons (Fsp3) is 0.591. The highest BCUT2D eigenvalue weighted by Crippen LogP contribution is 2.67. The van der Waals surface area contributed by atoms with Gasteiger partial charge in [-0.3, -0.25) is 14.6 Å². The summed E-state index contributed by atoms with van der Waals surface area (Å²) in [5.74, 6) is -0.908. The Kier molecular flexibility index (Phi) is 8.59. The molecule has 1 aliphatic carbocycles. The summed E-state index contributed by atoms with van der Waals surface area (Å²) in [6.07, 6.45) is 5.82. The number of aromatic amines is 1. The van der Waals surface area contributed by atoms with Crippen molar-refractivity contribution < 1.29 is 39.1 Å². The number of ether oxygens (including phenoxy) is 3. The van der Waals surface area contributed by atoms with Gasteiger partial charge in [0.15, 0.2) is 0 Å². The highest BCUT2D eigenvalue weighted by molar-refractivity contribution is 5.95. The van der Waals surface area contributed by atoms with Crippen LogP contribution in [0, 0.1) is 11.3 Å². The number of methoxy groups -OCH3 is 3. The van der Waals surface area contributed by atoms with E-state index in [1.165, 1.54) is 14.2 Å². The van der Waals surface area contributed by atoms with Gasteiger partial charge in [0.2, 0.25) is 5.60 Å². The van der Waals surface area contributed by atoms with Crippen LogP contribution in [0.4, 0.5) is 5.69 Å². The van der Waals surface area contributed by atoms with Crippen LogP contribution in [-0.4, -0.2) is 133 Å². The predicted octanol–water partition coefficient (Wildman–Crippen LogP) is 3.42. The lowest BCUT2D eigenvalue weighted by atomic mass is 9.47. The van der Waals surface area contributed by atoms with Crippen molar-refractivity contribution in [3.8, 4) is 5.75 Å². The van der Waals surface area contributed by atoms with Crippen molar-refractivity contribution in [2.45, 2.75) is 92.6 Å². The second-order valence-corrected chi connectivity index (χ2v) is 17.6. The molecule has 1 spiro atoms. The molecule has 4 N–H and O–H groups in total. The first kappa shape index (κ1) is 37.6. The van der Waals surface area contributed by atoms with Crippen molar-refractivity contribution >= 4 is 28.5 Å². The van der Waals surface area contributed by atoms with Crippen LogP contribution < -0.4 is 9.64 Å². The Hall–Kier alpha value is -3.94. The maximum absolute atomic E-state index is 15.2. The number of likely N-dealkylation sites (N-methyl/N-ethyl adjacent to an activating group) is 1. The summed E-state index contributed by atoms with van der Waals surface area (Å²) in [6, 6.07) is 11.1. The number of para-hydroxylation sites is 1. The van der Waals surface area contributed by atoms with E-state index in [9.17, 15) is 20.1 Å². The van der Waals surface area contributed by atoms with Crippen LogP contribution in [0.15, 0.2) is 48.6 Å². The van der Waals surface area contributed by atoms with Gasteiger partial charge in [0, 0.05) is 84.0 Å². The van der Waals surface area contributed by atoms with E-state index >= 15 is 4.79 Å². The Morgan fingerprint density at radius 2 is 1.73 bits per heavy atom. The molecule has 10 atom stereocenters. The number of nitrogens with zero attached hydrogens (tertiary/aromatic N) is 3. The highest BCUT2D eigenvalue weighted by Gasteiger charge is 2.79. The molecule has 1 saturated carbocycles. The van der Waals surface area contributed by atoms with E-state index in [4.69, 9.17) is 14.2 Å². The van der Waals surface area contributed by atoms with E-state index in [0.29, 0.717) is 69.5 Å². The summed E-state index contributed by atoms with van der Waals surface area (Å²) in [4.78, 5) is 39.7. The number of benzene rings is 2. The van der Waals surface area contributed by atoms with E-state index in [0.717, 1.165) is 46.5 Å². The summed E-state index contributed by atoms with van der Waals surface area (Å²) in [7, 11) is 6.17. The third kappa shape index (κ3) is 4.59. The Morgan fingerprint density at radius 3 is 2.45 bits per heavy atom. The number of carbonyl (C=O) groups excluding carboxylic acids is 2. The molecule has 6 aliphatic rings. The number of piperidine rings is 1. The first-order chi connectivity index (χ1) is 26.8. The number of nitrogens with one attached hydrogen (secondary N) is 1. The Labute approximate surface area is 328 Å². The van der Waals surface area contributed by atoms with Crippen LogP contribution in [0.5, 0.6) is 5.75 Å². The van der Waals surface area contributed by atoms with Gasteiger partial charge in [-0.2, -0.15) is 0 Å². The summed E-state index contributed by atoms with van der Waals surface area (Å²) in [6.45, 7) is 7.41. The molecular formula is C44H56N4O8. The van der Waals surface area contributed by atoms with Gasteiger partial charge in [-0.15, -0.1) is 0 Å². The number of hydrogen-bond donors (Lipinski definition) is 4. The number of aliphatic hydroxyl groups is 3. The third-order valence-corrected chi connectivity index (χ3v) is 15.4. The van der Waals surface area contributed by atoms with E-state index in [2.05, 4.69) is 26.9 Å². The molecule has 12 nitrogen and oxygen atoms in total. The number of fused-ring (bicyclic) bond motifs is 6. The van der Waals surface area contributed by atoms with Crippen LogP contribution in [0.25, 0.3) is 10.9 Å². The predicted molar refractivity (Wildman–Crippen MR) is 211 cm³/mol. The SMILES string of the molecule is CC[C@]1(O)C[C@@H]2CN(CCc3c([nH]c4ccccc34)[C@@](C(=O)OC)(c3cc4c(cc3OC)N(C)C3[C@]45CCN4CC=C[C@](CC)(C45)[C@@H](O)[C@]3(O)C(=O)OC)C2)C1. The molecule has 0 amide bonds. The Morgan fingerprint density at radius 1 is 0.964 bits per heavy atom. The molecule has 3 unspecified atom stereocenters. The van der Waals surface area contributed by atoms with Crippen LogP contribution in [-0.2, 0) is 36.3 Å². The molecule has 9 rings (SSSR count). The quantitative estimate of drug-likeness (QED) is 0.216. The zero-order valence-electron chi connectivity index (χ0n) is 33.4.